The summed E-state index contributed by atoms with van der Waals surface area (Å²) in [5.41, 5.74) is -0.319. The summed E-state index contributed by atoms with van der Waals surface area (Å²) in [5.74, 6) is 0.588. The van der Waals surface area contributed by atoms with Gasteiger partial charge in [-0.15, -0.1) is 0 Å². The highest BCUT2D eigenvalue weighted by molar-refractivity contribution is 7.98. The molecule has 0 aromatic rings. The molecule has 0 bridgehead atoms. The third-order valence-electron chi connectivity index (χ3n) is 22.9. The van der Waals surface area contributed by atoms with Gasteiger partial charge in [0, 0.05) is 38.6 Å². The number of carbonyl (C=O) groups excluding carboxylic acids is 16. The molecule has 0 spiro atoms. The number of likely N-dealkylation sites (N-methyl/N-ethyl adjacent to an activating group) is 15. The van der Waals surface area contributed by atoms with E-state index in [1.807, 2.05) is 97.1 Å². The zero-order valence-electron chi connectivity index (χ0n) is 101. The van der Waals surface area contributed by atoms with Crippen molar-refractivity contribution >= 4 is 134 Å². The van der Waals surface area contributed by atoms with Gasteiger partial charge >= 0.3 is 29.8 Å². The number of nitrogens with one attached hydrogen (secondary N) is 15. The first-order chi connectivity index (χ1) is 69.0. The van der Waals surface area contributed by atoms with E-state index >= 15 is 0 Å². The third-order valence-corrected chi connectivity index (χ3v) is 23.5. The third kappa shape index (κ3) is 123. The van der Waals surface area contributed by atoms with Crippen LogP contribution in [0, 0.1) is 23.2 Å². The topological polar surface area (TPSA) is 643 Å². The lowest BCUT2D eigenvalue weighted by molar-refractivity contribution is -0.140. The van der Waals surface area contributed by atoms with Crippen molar-refractivity contribution in [1.29, 1.82) is 0 Å². The minimum Gasteiger partial charge on any atom is -0.481 e. The number of aliphatic carboxylic acids is 5. The van der Waals surface area contributed by atoms with Gasteiger partial charge in [0.1, 0.15) is 105 Å². The quantitative estimate of drug-likeness (QED) is 0.0278. The molecule has 2 fully saturated rings. The maximum atomic E-state index is 11.2. The van der Waals surface area contributed by atoms with Crippen molar-refractivity contribution in [2.24, 2.45) is 23.2 Å². The highest BCUT2D eigenvalue weighted by atomic mass is 32.2. The number of hydrogen-bond acceptors (Lipinski definition) is 38. The standard InChI is InChI=1S/C11H21NO.2C8H17NO.4C7H13NO3.C7H15NOS.C7H13NO.C7H15NO.C6H11NO3.C6H13NO.3C5H11NO.C4H9NO/c1-9(13)11(12-2)8-10-6-4-3-5-7-10;1-6(10)7(9-5)8(2,3)4;1-6(2)5-8(9-4)7(3)10;2*1-5(9)6(8-2)3-4-7(10)11;2*1-5(9)3-4-6(8-2)7(10)11;1-6(9)7(8-2)4-5-10-3;1-6(9)7-4-3-5-8(7)2;1-5(2)7(8-4)6(3)9;1-4(8)5(7-2)3-6(9)10;1-5(8)6(2,3)7-4;1-5(7)3-4-6-2;2*1-4(6-3)5(2)7;1-4(6)3-5-2/h10-12H,3-8H2,1-2H3;7,9H,1-5H3;6,8-9H,5H2,1-4H3;4*6,8H,3-4H2,1-2H3,(H,10,11);7-8H,4-5H2,1-3H3;7H,3-5H2,1-2H3;5,7-8H,1-4H3;5,7H,3H2,1-2H3,(H,9,10);7H,1-4H3;6H,3-4H2,1-2H3;2*4,6H,1-3H3;5H,3H2,1-2H3/t11-;7-;8-;4*6-;3*7-;5-;;;2*4-;/m01010100000..10./s1. The molecule has 43 heteroatoms. The second kappa shape index (κ2) is 110. The van der Waals surface area contributed by atoms with Crippen LogP contribution < -0.4 is 79.8 Å². The van der Waals surface area contributed by atoms with E-state index in [1.54, 1.807) is 151 Å². The predicted octanol–water partition coefficient (Wildman–Crippen LogP) is 7.63. The lowest BCUT2D eigenvalue weighted by Gasteiger charge is -2.27. The molecule has 1 saturated heterocycles. The first-order valence-electron chi connectivity index (χ1n) is 51.4. The second-order valence-electron chi connectivity index (χ2n) is 38.7. The van der Waals surface area contributed by atoms with Crippen LogP contribution >= 0.6 is 11.8 Å². The molecule has 150 heavy (non-hydrogen) atoms. The molecule has 0 aromatic carbocycles. The molecule has 42 nitrogen and oxygen atoms in total. The maximum absolute atomic E-state index is 11.2. The molecule has 1 aliphatic carbocycles. The molecule has 0 aromatic heterocycles. The average molecular weight is 2180 g/mol. The van der Waals surface area contributed by atoms with Crippen molar-refractivity contribution < 1.29 is 126 Å². The van der Waals surface area contributed by atoms with Crippen LogP contribution in [0.2, 0.25) is 0 Å². The van der Waals surface area contributed by atoms with Crippen molar-refractivity contribution in [3.63, 3.8) is 0 Å². The lowest BCUT2D eigenvalue weighted by atomic mass is 9.84. The summed E-state index contributed by atoms with van der Waals surface area (Å²) >= 11 is 1.77. The molecular weight excluding hydrogens is 1960 g/mol. The van der Waals surface area contributed by atoms with Crippen molar-refractivity contribution in [3.05, 3.63) is 0 Å². The zero-order chi connectivity index (χ0) is 121. The number of rotatable bonds is 54. The number of carboxylic acids is 5. The predicted molar refractivity (Wildman–Crippen MR) is 605 cm³/mol. The number of thioether (sulfide) groups is 1. The van der Waals surface area contributed by atoms with Gasteiger partial charge in [-0.1, -0.05) is 80.6 Å². The van der Waals surface area contributed by atoms with Crippen LogP contribution in [0.3, 0.4) is 0 Å². The van der Waals surface area contributed by atoms with Crippen LogP contribution in [0.5, 0.6) is 0 Å². The van der Waals surface area contributed by atoms with Gasteiger partial charge in [-0.05, 0) is 351 Å². The van der Waals surface area contributed by atoms with Gasteiger partial charge in [-0.3, -0.25) is 96.0 Å². The number of hydrogen-bond donors (Lipinski definition) is 20. The highest BCUT2D eigenvalue weighted by Crippen LogP contribution is 2.27. The first kappa shape index (κ1) is 172. The number of carboxylic acid groups (broad SMARTS) is 5. The Morgan fingerprint density at radius 3 is 0.820 bits per heavy atom. The van der Waals surface area contributed by atoms with Gasteiger partial charge in [-0.2, -0.15) is 11.8 Å². The van der Waals surface area contributed by atoms with Crippen molar-refractivity contribution in [3.8, 4) is 0 Å². The molecule has 1 saturated carbocycles. The molecule has 13 atom stereocenters. The molecule has 0 unspecified atom stereocenters. The molecule has 1 aliphatic heterocycles. The smallest absolute Gasteiger partial charge is 0.320 e. The summed E-state index contributed by atoms with van der Waals surface area (Å²) in [6.45, 7) is 49.1. The summed E-state index contributed by atoms with van der Waals surface area (Å²) in [4.78, 5) is 223. The fraction of sp³-hybridized carbons (Fsp3) is 0.804. The monoisotopic (exact) mass is 2170 g/mol. The van der Waals surface area contributed by atoms with Crippen LogP contribution in [0.25, 0.3) is 0 Å². The zero-order valence-corrected chi connectivity index (χ0v) is 102. The van der Waals surface area contributed by atoms with E-state index in [-0.39, 0.29) is 177 Å². The van der Waals surface area contributed by atoms with Gasteiger partial charge in [-0.25, -0.2) is 0 Å². The Bertz CT molecular complexity index is 3480. The Labute approximate surface area is 907 Å². The van der Waals surface area contributed by atoms with Crippen LogP contribution in [-0.2, 0) is 101 Å². The largest absolute Gasteiger partial charge is 0.481 e. The lowest BCUT2D eigenvalue weighted by Crippen LogP contribution is -2.43. The van der Waals surface area contributed by atoms with Crippen LogP contribution in [0.4, 0.5) is 0 Å². The maximum Gasteiger partial charge on any atom is 0.320 e. The second-order valence-corrected chi connectivity index (χ2v) is 39.7. The normalized spacial score (nSPS) is 14.3. The van der Waals surface area contributed by atoms with Crippen LogP contribution in [0.15, 0.2) is 0 Å². The van der Waals surface area contributed by atoms with Crippen molar-refractivity contribution in [1.82, 2.24) is 84.7 Å². The van der Waals surface area contributed by atoms with E-state index in [0.29, 0.717) is 69.1 Å². The summed E-state index contributed by atoms with van der Waals surface area (Å²) < 4.78 is 0. The fourth-order valence-electron chi connectivity index (χ4n) is 12.5. The van der Waals surface area contributed by atoms with E-state index in [0.717, 1.165) is 50.4 Å². The molecule has 1 heterocycles. The van der Waals surface area contributed by atoms with Gasteiger partial charge in [0.05, 0.1) is 85.0 Å². The minimum absolute atomic E-state index is 0.0139. The van der Waals surface area contributed by atoms with Gasteiger partial charge < -0.3 is 115 Å². The number of likely N-dealkylation sites (tertiary alicyclic amines) is 1. The molecule has 886 valence electrons. The summed E-state index contributed by atoms with van der Waals surface area (Å²) in [7, 11) is 28.1. The van der Waals surface area contributed by atoms with E-state index < -0.39 is 48.0 Å². The Morgan fingerprint density at radius 1 is 0.347 bits per heavy atom. The number of Topliss-reactive ketones (excluding diaryl/α,β-unsaturated/α-hetero) is 16. The van der Waals surface area contributed by atoms with Gasteiger partial charge in [0.25, 0.3) is 0 Å². The minimum atomic E-state index is -0.963. The summed E-state index contributed by atoms with van der Waals surface area (Å²) in [6, 6.07) is -1.88. The first-order valence-corrected chi connectivity index (χ1v) is 52.8. The molecular formula is C107H216N16O26S. The summed E-state index contributed by atoms with van der Waals surface area (Å²) in [5, 5.41) is 84.3. The fourth-order valence-corrected chi connectivity index (χ4v) is 13.0. The Morgan fingerprint density at radius 2 is 0.687 bits per heavy atom. The molecule has 20 N–H and O–H groups in total. The number of carbonyl (C=O) groups is 21. The summed E-state index contributed by atoms with van der Waals surface area (Å²) in [6.07, 6.45) is 16.6. The van der Waals surface area contributed by atoms with E-state index in [1.165, 1.54) is 73.1 Å². The van der Waals surface area contributed by atoms with Gasteiger partial charge in [0.15, 0.2) is 0 Å². The van der Waals surface area contributed by atoms with Crippen molar-refractivity contribution in [2.45, 2.75) is 399 Å². The van der Waals surface area contributed by atoms with Crippen LogP contribution in [0.1, 0.15) is 315 Å². The van der Waals surface area contributed by atoms with E-state index in [9.17, 15) is 101 Å². The van der Waals surface area contributed by atoms with Crippen LogP contribution in [-0.4, -0.2) is 381 Å². The Balaban J connectivity index is -0.000000110. The van der Waals surface area contributed by atoms with Crippen molar-refractivity contribution in [2.75, 3.05) is 144 Å². The Hall–Kier alpha value is -8.22. The molecule has 0 radical (unpaired) electrons. The number of nitrogens with zero attached hydrogens (tertiary/aromatic N) is 1. The molecule has 2 aliphatic rings. The van der Waals surface area contributed by atoms with E-state index in [2.05, 4.69) is 119 Å². The number of ketones is 16. The average Bonchev–Trinajstić information content (AvgIpc) is 1.84. The highest BCUT2D eigenvalue weighted by Gasteiger charge is 2.28. The van der Waals surface area contributed by atoms with Gasteiger partial charge in [0.2, 0.25) is 0 Å². The van der Waals surface area contributed by atoms with E-state index in [4.69, 9.17) is 25.5 Å². The Kier molecular flexibility index (Phi) is 127. The SMILES string of the molecule is CC(=O)[C@@H]1CCCN1C.CNC(C)(C)C(C)=O.CNCC(C)=O.CNCCC(C)=O.CN[C@@H](C)C(C)=O.CN[C@@H](CC(=O)O)C(C)=O.CN[C@@H](CC(C)C)C(C)=O.CN[C@@H](CC1CCCCC1)C(C)=O.CN[C@@H](CCC(=O)O)C(C)=O.CN[C@@H](CCC(C)=O)C(=O)O.CN[C@@H](CCSC)C(C)=O.CN[C@H](C(C)=O)C(C)(C)C.CN[C@H](C(C)=O)C(C)C.CN[C@H](C)C(C)=O.CN[C@H](CCC(=O)O)C(C)=O.CN[C@H](CCC(C)=O)C(=O)O. The molecule has 2 rings (SSSR count). The molecule has 0 amide bonds.